The fourth-order valence-electron chi connectivity index (χ4n) is 3.94. The average molecular weight is 363 g/mol. The summed E-state index contributed by atoms with van der Waals surface area (Å²) in [5.41, 5.74) is 7.35. The van der Waals surface area contributed by atoms with Crippen LogP contribution in [0.1, 0.15) is 25.0 Å². The first kappa shape index (κ1) is 13.4. The third-order valence-electron chi connectivity index (χ3n) is 5.14. The standard InChI is InChI=1S/C21H15BrO/c1-21(2)17-6-4-3-5-13(17)14-10-16-15-9-12(22)7-8-19(15)23-20(16)11-18(14)21/h3-11H,1-2H3. The highest BCUT2D eigenvalue weighted by Gasteiger charge is 2.35. The van der Waals surface area contributed by atoms with Crippen LogP contribution in [0.3, 0.4) is 0 Å². The minimum Gasteiger partial charge on any atom is -0.456 e. The third kappa shape index (κ3) is 1.67. The van der Waals surface area contributed by atoms with Gasteiger partial charge in [0.25, 0.3) is 0 Å². The minimum absolute atomic E-state index is 0.0136. The molecule has 3 aromatic carbocycles. The Labute approximate surface area is 143 Å². The molecule has 5 rings (SSSR count). The van der Waals surface area contributed by atoms with Crippen molar-refractivity contribution >= 4 is 37.9 Å². The monoisotopic (exact) mass is 362 g/mol. The molecule has 23 heavy (non-hydrogen) atoms. The highest BCUT2D eigenvalue weighted by molar-refractivity contribution is 9.10. The quantitative estimate of drug-likeness (QED) is 0.341. The van der Waals surface area contributed by atoms with Gasteiger partial charge in [-0.15, -0.1) is 0 Å². The highest BCUT2D eigenvalue weighted by atomic mass is 79.9. The van der Waals surface area contributed by atoms with E-state index < -0.39 is 0 Å². The molecule has 0 N–H and O–H groups in total. The van der Waals surface area contributed by atoms with E-state index in [-0.39, 0.29) is 5.41 Å². The van der Waals surface area contributed by atoms with Crippen molar-refractivity contribution in [3.63, 3.8) is 0 Å². The molecule has 1 aliphatic rings. The normalized spacial score (nSPS) is 15.1. The Morgan fingerprint density at radius 3 is 2.43 bits per heavy atom. The predicted octanol–water partition coefficient (Wildman–Crippen LogP) is 6.65. The molecule has 1 heterocycles. The summed E-state index contributed by atoms with van der Waals surface area (Å²) in [4.78, 5) is 0. The fraction of sp³-hybridized carbons (Fsp3) is 0.143. The predicted molar refractivity (Wildman–Crippen MR) is 99.0 cm³/mol. The zero-order chi connectivity index (χ0) is 15.8. The van der Waals surface area contributed by atoms with Crippen LogP contribution in [0.4, 0.5) is 0 Å². The number of furan rings is 1. The molecule has 0 fully saturated rings. The van der Waals surface area contributed by atoms with Gasteiger partial charge in [0.1, 0.15) is 11.2 Å². The second-order valence-electron chi connectivity index (χ2n) is 6.81. The van der Waals surface area contributed by atoms with E-state index in [0.29, 0.717) is 0 Å². The first-order chi connectivity index (χ1) is 11.1. The number of hydrogen-bond acceptors (Lipinski definition) is 1. The van der Waals surface area contributed by atoms with Gasteiger partial charge < -0.3 is 4.42 Å². The van der Waals surface area contributed by atoms with Gasteiger partial charge in [-0.05, 0) is 52.6 Å². The lowest BCUT2D eigenvalue weighted by atomic mass is 9.82. The summed E-state index contributed by atoms with van der Waals surface area (Å²) in [6.07, 6.45) is 0. The highest BCUT2D eigenvalue weighted by Crippen LogP contribution is 2.50. The number of hydrogen-bond donors (Lipinski definition) is 0. The van der Waals surface area contributed by atoms with Crippen LogP contribution in [-0.4, -0.2) is 0 Å². The van der Waals surface area contributed by atoms with Crippen LogP contribution in [0.15, 0.2) is 63.5 Å². The number of rotatable bonds is 0. The molecule has 0 unspecified atom stereocenters. The summed E-state index contributed by atoms with van der Waals surface area (Å²) in [6.45, 7) is 4.59. The molecule has 1 aromatic heterocycles. The molecule has 4 aromatic rings. The van der Waals surface area contributed by atoms with E-state index in [1.807, 2.05) is 12.1 Å². The smallest absolute Gasteiger partial charge is 0.135 e. The van der Waals surface area contributed by atoms with Crippen LogP contribution in [0, 0.1) is 0 Å². The van der Waals surface area contributed by atoms with Crippen molar-refractivity contribution in [3.05, 3.63) is 70.2 Å². The first-order valence-electron chi connectivity index (χ1n) is 7.82. The average Bonchev–Trinajstić information content (AvgIpc) is 3.00. The Bertz CT molecular complexity index is 1100. The molecular formula is C21H15BrO. The van der Waals surface area contributed by atoms with Crippen LogP contribution in [0.2, 0.25) is 0 Å². The molecule has 1 nitrogen and oxygen atoms in total. The van der Waals surface area contributed by atoms with E-state index in [2.05, 4.69) is 72.2 Å². The van der Waals surface area contributed by atoms with Crippen molar-refractivity contribution in [2.45, 2.75) is 19.3 Å². The zero-order valence-electron chi connectivity index (χ0n) is 13.0. The SMILES string of the molecule is CC1(C)c2ccccc2-c2cc3c(cc21)oc1ccc(Br)cc13. The Balaban J connectivity index is 1.94. The van der Waals surface area contributed by atoms with Gasteiger partial charge in [0, 0.05) is 20.7 Å². The molecule has 0 saturated heterocycles. The van der Waals surface area contributed by atoms with E-state index in [9.17, 15) is 0 Å². The van der Waals surface area contributed by atoms with Gasteiger partial charge in [0.15, 0.2) is 0 Å². The van der Waals surface area contributed by atoms with Crippen LogP contribution < -0.4 is 0 Å². The summed E-state index contributed by atoms with van der Waals surface area (Å²) in [6, 6.07) is 19.5. The largest absolute Gasteiger partial charge is 0.456 e. The molecule has 0 aliphatic heterocycles. The molecular weight excluding hydrogens is 348 g/mol. The molecule has 0 saturated carbocycles. The Kier molecular flexibility index (Phi) is 2.48. The van der Waals surface area contributed by atoms with Crippen LogP contribution in [-0.2, 0) is 5.41 Å². The minimum atomic E-state index is 0.0136. The first-order valence-corrected chi connectivity index (χ1v) is 8.61. The molecule has 2 heteroatoms. The molecule has 0 amide bonds. The van der Waals surface area contributed by atoms with Gasteiger partial charge in [0.05, 0.1) is 0 Å². The van der Waals surface area contributed by atoms with Crippen molar-refractivity contribution in [2.24, 2.45) is 0 Å². The van der Waals surface area contributed by atoms with Crippen molar-refractivity contribution in [1.29, 1.82) is 0 Å². The molecule has 1 aliphatic carbocycles. The van der Waals surface area contributed by atoms with Gasteiger partial charge in [-0.2, -0.15) is 0 Å². The van der Waals surface area contributed by atoms with Crippen molar-refractivity contribution in [2.75, 3.05) is 0 Å². The Hall–Kier alpha value is -2.06. The molecule has 0 spiro atoms. The zero-order valence-corrected chi connectivity index (χ0v) is 14.6. The van der Waals surface area contributed by atoms with E-state index in [4.69, 9.17) is 4.42 Å². The maximum Gasteiger partial charge on any atom is 0.135 e. The van der Waals surface area contributed by atoms with Gasteiger partial charge in [-0.1, -0.05) is 54.0 Å². The number of benzene rings is 3. The molecule has 0 atom stereocenters. The van der Waals surface area contributed by atoms with Gasteiger partial charge in [-0.3, -0.25) is 0 Å². The topological polar surface area (TPSA) is 13.1 Å². The summed E-state index contributed by atoms with van der Waals surface area (Å²) in [5, 5.41) is 2.35. The summed E-state index contributed by atoms with van der Waals surface area (Å²) in [5.74, 6) is 0. The van der Waals surface area contributed by atoms with Crippen LogP contribution in [0.25, 0.3) is 33.1 Å². The maximum atomic E-state index is 6.10. The van der Waals surface area contributed by atoms with Gasteiger partial charge in [-0.25, -0.2) is 0 Å². The lowest BCUT2D eigenvalue weighted by molar-refractivity contribution is 0.647. The van der Waals surface area contributed by atoms with Gasteiger partial charge in [0.2, 0.25) is 0 Å². The second kappa shape index (κ2) is 4.27. The van der Waals surface area contributed by atoms with E-state index >= 15 is 0 Å². The summed E-state index contributed by atoms with van der Waals surface area (Å²) >= 11 is 3.57. The van der Waals surface area contributed by atoms with E-state index in [0.717, 1.165) is 15.6 Å². The van der Waals surface area contributed by atoms with Gasteiger partial charge >= 0.3 is 0 Å². The van der Waals surface area contributed by atoms with Crippen molar-refractivity contribution < 1.29 is 4.42 Å². The summed E-state index contributed by atoms with van der Waals surface area (Å²) in [7, 11) is 0. The molecule has 0 radical (unpaired) electrons. The second-order valence-corrected chi connectivity index (χ2v) is 7.72. The van der Waals surface area contributed by atoms with Crippen molar-refractivity contribution in [3.8, 4) is 11.1 Å². The van der Waals surface area contributed by atoms with E-state index in [1.54, 1.807) is 0 Å². The number of fused-ring (bicyclic) bond motifs is 6. The van der Waals surface area contributed by atoms with Crippen molar-refractivity contribution in [1.82, 2.24) is 0 Å². The third-order valence-corrected chi connectivity index (χ3v) is 5.63. The maximum absolute atomic E-state index is 6.10. The fourth-order valence-corrected chi connectivity index (χ4v) is 4.30. The Morgan fingerprint density at radius 2 is 1.57 bits per heavy atom. The lowest BCUT2D eigenvalue weighted by Gasteiger charge is -2.21. The van der Waals surface area contributed by atoms with Crippen LogP contribution in [0.5, 0.6) is 0 Å². The van der Waals surface area contributed by atoms with E-state index in [1.165, 1.54) is 33.0 Å². The number of halogens is 1. The van der Waals surface area contributed by atoms with Crippen LogP contribution >= 0.6 is 15.9 Å². The molecule has 0 bridgehead atoms. The summed E-state index contributed by atoms with van der Waals surface area (Å²) < 4.78 is 7.18. The Morgan fingerprint density at radius 1 is 0.783 bits per heavy atom. The molecule has 112 valence electrons. The lowest BCUT2D eigenvalue weighted by Crippen LogP contribution is -2.14.